The van der Waals surface area contributed by atoms with E-state index in [-0.39, 0.29) is 0 Å². The number of hydrogen-bond donors (Lipinski definition) is 2. The Hall–Kier alpha value is -1.59. The fourth-order valence-corrected chi connectivity index (χ4v) is 2.15. The molecule has 0 aliphatic carbocycles. The summed E-state index contributed by atoms with van der Waals surface area (Å²) in [7, 11) is 0. The highest BCUT2D eigenvalue weighted by molar-refractivity contribution is 7.80. The number of hydrogen-bond acceptors (Lipinski definition) is 2. The van der Waals surface area contributed by atoms with Crippen LogP contribution in [0, 0.1) is 13.8 Å². The van der Waals surface area contributed by atoms with Gasteiger partial charge in [0, 0.05) is 18.4 Å². The lowest BCUT2D eigenvalue weighted by Crippen LogP contribution is -2.31. The number of thiocarbonyl (C=S) groups is 1. The van der Waals surface area contributed by atoms with Gasteiger partial charge in [0.25, 0.3) is 0 Å². The predicted molar refractivity (Wildman–Crippen MR) is 87.4 cm³/mol. The highest BCUT2D eigenvalue weighted by atomic mass is 35.5. The first kappa shape index (κ1) is 14.8. The van der Waals surface area contributed by atoms with Crippen LogP contribution in [0.4, 0.5) is 5.69 Å². The molecule has 0 fully saturated rings. The van der Waals surface area contributed by atoms with Crippen molar-refractivity contribution >= 4 is 34.6 Å². The van der Waals surface area contributed by atoms with E-state index in [9.17, 15) is 0 Å². The maximum absolute atomic E-state index is 5.80. The summed E-state index contributed by atoms with van der Waals surface area (Å²) < 4.78 is 1.77. The Balaban J connectivity index is 1.82. The van der Waals surface area contributed by atoms with E-state index >= 15 is 0 Å². The standard InChI is InChI=1S/C14H17ClN4S/c1-10-3-4-11(2)13(7-10)18-14(20)16-5-6-19-9-12(15)8-17-19/h3-4,7-9H,5-6H2,1-2H3,(H2,16,18,20). The predicted octanol–water partition coefficient (Wildman–Crippen LogP) is 3.14. The summed E-state index contributed by atoms with van der Waals surface area (Å²) in [6, 6.07) is 6.24. The largest absolute Gasteiger partial charge is 0.361 e. The number of nitrogens with zero attached hydrogens (tertiary/aromatic N) is 2. The van der Waals surface area contributed by atoms with Crippen molar-refractivity contribution in [2.45, 2.75) is 20.4 Å². The summed E-state index contributed by atoms with van der Waals surface area (Å²) >= 11 is 11.1. The number of aromatic nitrogens is 2. The zero-order valence-corrected chi connectivity index (χ0v) is 13.1. The van der Waals surface area contributed by atoms with E-state index in [1.807, 2.05) is 0 Å². The zero-order valence-electron chi connectivity index (χ0n) is 11.5. The summed E-state index contributed by atoms with van der Waals surface area (Å²) in [6.07, 6.45) is 3.40. The number of halogens is 1. The lowest BCUT2D eigenvalue weighted by Gasteiger charge is -2.13. The van der Waals surface area contributed by atoms with Crippen LogP contribution in [0.25, 0.3) is 0 Å². The Bertz CT molecular complexity index is 609. The van der Waals surface area contributed by atoms with Crippen LogP contribution in [0.15, 0.2) is 30.6 Å². The van der Waals surface area contributed by atoms with Gasteiger partial charge in [0.2, 0.25) is 0 Å². The summed E-state index contributed by atoms with van der Waals surface area (Å²) in [6.45, 7) is 5.51. The van der Waals surface area contributed by atoms with Crippen LogP contribution >= 0.6 is 23.8 Å². The Labute approximate surface area is 129 Å². The minimum Gasteiger partial charge on any atom is -0.361 e. The Morgan fingerprint density at radius 1 is 1.40 bits per heavy atom. The molecule has 6 heteroatoms. The van der Waals surface area contributed by atoms with Crippen LogP contribution in [-0.4, -0.2) is 21.4 Å². The van der Waals surface area contributed by atoms with E-state index in [1.54, 1.807) is 17.1 Å². The summed E-state index contributed by atoms with van der Waals surface area (Å²) in [5.41, 5.74) is 3.40. The third kappa shape index (κ3) is 4.21. The molecule has 0 amide bonds. The van der Waals surface area contributed by atoms with Crippen molar-refractivity contribution in [3.8, 4) is 0 Å². The van der Waals surface area contributed by atoms with E-state index in [4.69, 9.17) is 23.8 Å². The van der Waals surface area contributed by atoms with Gasteiger partial charge in [0.1, 0.15) is 0 Å². The van der Waals surface area contributed by atoms with Crippen molar-refractivity contribution in [1.82, 2.24) is 15.1 Å². The van der Waals surface area contributed by atoms with Gasteiger partial charge in [-0.25, -0.2) is 0 Å². The van der Waals surface area contributed by atoms with Crippen molar-refractivity contribution in [3.63, 3.8) is 0 Å². The molecular formula is C14H17ClN4S. The van der Waals surface area contributed by atoms with Crippen LogP contribution in [0.2, 0.25) is 5.02 Å². The molecule has 20 heavy (non-hydrogen) atoms. The van der Waals surface area contributed by atoms with Gasteiger partial charge in [-0.15, -0.1) is 0 Å². The van der Waals surface area contributed by atoms with E-state index < -0.39 is 0 Å². The Morgan fingerprint density at radius 2 is 2.20 bits per heavy atom. The van der Waals surface area contributed by atoms with E-state index in [0.29, 0.717) is 23.2 Å². The van der Waals surface area contributed by atoms with Crippen molar-refractivity contribution < 1.29 is 0 Å². The number of nitrogens with one attached hydrogen (secondary N) is 2. The molecule has 0 unspecified atom stereocenters. The lowest BCUT2D eigenvalue weighted by atomic mass is 10.1. The first-order valence-electron chi connectivity index (χ1n) is 6.34. The molecule has 1 aromatic heterocycles. The summed E-state index contributed by atoms with van der Waals surface area (Å²) in [5, 5.41) is 11.7. The topological polar surface area (TPSA) is 41.9 Å². The maximum Gasteiger partial charge on any atom is 0.170 e. The molecule has 1 heterocycles. The normalized spacial score (nSPS) is 10.3. The van der Waals surface area contributed by atoms with Crippen LogP contribution in [0.1, 0.15) is 11.1 Å². The average Bonchev–Trinajstić information content (AvgIpc) is 2.80. The molecule has 0 spiro atoms. The number of aryl methyl sites for hydroxylation is 2. The van der Waals surface area contributed by atoms with Crippen LogP contribution in [0.5, 0.6) is 0 Å². The highest BCUT2D eigenvalue weighted by Crippen LogP contribution is 2.16. The van der Waals surface area contributed by atoms with Gasteiger partial charge in [-0.2, -0.15) is 5.10 Å². The summed E-state index contributed by atoms with van der Waals surface area (Å²) in [4.78, 5) is 0. The van der Waals surface area contributed by atoms with Crippen molar-refractivity contribution in [3.05, 3.63) is 46.7 Å². The molecule has 1 aromatic carbocycles. The van der Waals surface area contributed by atoms with Crippen LogP contribution < -0.4 is 10.6 Å². The molecule has 106 valence electrons. The molecule has 0 saturated heterocycles. The van der Waals surface area contributed by atoms with Gasteiger partial charge in [-0.3, -0.25) is 4.68 Å². The first-order chi connectivity index (χ1) is 9.54. The second kappa shape index (κ2) is 6.72. The minimum atomic E-state index is 0.608. The second-order valence-corrected chi connectivity index (χ2v) is 5.47. The van der Waals surface area contributed by atoms with Crippen molar-refractivity contribution in [2.24, 2.45) is 0 Å². The lowest BCUT2D eigenvalue weighted by molar-refractivity contribution is 0.604. The van der Waals surface area contributed by atoms with E-state index in [0.717, 1.165) is 5.69 Å². The molecule has 2 rings (SSSR count). The Kier molecular flexibility index (Phi) is 4.98. The highest BCUT2D eigenvalue weighted by Gasteiger charge is 2.02. The van der Waals surface area contributed by atoms with Crippen LogP contribution in [-0.2, 0) is 6.54 Å². The Morgan fingerprint density at radius 3 is 2.90 bits per heavy atom. The minimum absolute atomic E-state index is 0.608. The third-order valence-electron chi connectivity index (χ3n) is 2.87. The zero-order chi connectivity index (χ0) is 14.5. The average molecular weight is 309 g/mol. The molecule has 0 saturated carbocycles. The third-order valence-corrected chi connectivity index (χ3v) is 3.31. The number of rotatable bonds is 4. The van der Waals surface area contributed by atoms with Gasteiger partial charge in [-0.05, 0) is 43.3 Å². The molecule has 0 radical (unpaired) electrons. The fraction of sp³-hybridized carbons (Fsp3) is 0.286. The second-order valence-electron chi connectivity index (χ2n) is 4.62. The van der Waals surface area contributed by atoms with Gasteiger partial charge in [-0.1, -0.05) is 23.7 Å². The molecule has 0 bridgehead atoms. The molecule has 2 aromatic rings. The molecular weight excluding hydrogens is 292 g/mol. The van der Waals surface area contributed by atoms with Gasteiger partial charge in [0.15, 0.2) is 5.11 Å². The maximum atomic E-state index is 5.80. The monoisotopic (exact) mass is 308 g/mol. The van der Waals surface area contributed by atoms with Gasteiger partial charge in [0.05, 0.1) is 17.8 Å². The van der Waals surface area contributed by atoms with Crippen molar-refractivity contribution in [2.75, 3.05) is 11.9 Å². The van der Waals surface area contributed by atoms with Gasteiger partial charge >= 0.3 is 0 Å². The van der Waals surface area contributed by atoms with Crippen molar-refractivity contribution in [1.29, 1.82) is 0 Å². The molecule has 2 N–H and O–H groups in total. The molecule has 0 atom stereocenters. The van der Waals surface area contributed by atoms with E-state index in [2.05, 4.69) is 47.8 Å². The molecule has 4 nitrogen and oxygen atoms in total. The van der Waals surface area contributed by atoms with E-state index in [1.165, 1.54) is 11.1 Å². The SMILES string of the molecule is Cc1ccc(C)c(NC(=S)NCCn2cc(Cl)cn2)c1. The first-order valence-corrected chi connectivity index (χ1v) is 7.13. The quantitative estimate of drug-likeness (QED) is 0.852. The summed E-state index contributed by atoms with van der Waals surface area (Å²) in [5.74, 6) is 0. The smallest absolute Gasteiger partial charge is 0.170 e. The number of benzene rings is 1. The molecule has 0 aliphatic heterocycles. The molecule has 0 aliphatic rings. The van der Waals surface area contributed by atoms with Crippen LogP contribution in [0.3, 0.4) is 0 Å². The fourth-order valence-electron chi connectivity index (χ4n) is 1.78. The van der Waals surface area contributed by atoms with Gasteiger partial charge < -0.3 is 10.6 Å². The number of anilines is 1.